The molecule has 19 heavy (non-hydrogen) atoms. The van der Waals surface area contributed by atoms with Gasteiger partial charge in [0.05, 0.1) is 6.04 Å². The minimum absolute atomic E-state index is 0.0739. The number of ketones is 1. The zero-order valence-electron chi connectivity index (χ0n) is 13.0. The highest BCUT2D eigenvalue weighted by molar-refractivity contribution is 5.86. The second-order valence-corrected chi connectivity index (χ2v) is 6.02. The van der Waals surface area contributed by atoms with Gasteiger partial charge in [0.15, 0.2) is 0 Å². The molecule has 0 fully saturated rings. The summed E-state index contributed by atoms with van der Waals surface area (Å²) in [4.78, 5) is 36.6. The summed E-state index contributed by atoms with van der Waals surface area (Å²) in [6, 6.07) is -0.510. The van der Waals surface area contributed by atoms with Gasteiger partial charge in [0.1, 0.15) is 12.1 Å². The number of hydrogen-bond acceptors (Lipinski definition) is 3. The molecular formula is C15H27NO3. The number of Topliss-reactive ketones (excluding diaryl/α,β-unsaturated/α-hetero) is 1. The average Bonchev–Trinajstić information content (AvgIpc) is 2.36. The highest BCUT2D eigenvalue weighted by Gasteiger charge is 2.31. The van der Waals surface area contributed by atoms with Crippen LogP contribution in [-0.2, 0) is 14.4 Å². The van der Waals surface area contributed by atoms with Crippen molar-refractivity contribution in [3.63, 3.8) is 0 Å². The molecule has 0 saturated heterocycles. The number of nitrogens with zero attached hydrogens (tertiary/aromatic N) is 1. The third kappa shape index (κ3) is 5.13. The van der Waals surface area contributed by atoms with Gasteiger partial charge in [-0.3, -0.25) is 9.59 Å². The van der Waals surface area contributed by atoms with Gasteiger partial charge in [-0.1, -0.05) is 34.6 Å². The summed E-state index contributed by atoms with van der Waals surface area (Å²) >= 11 is 0. The fourth-order valence-electron chi connectivity index (χ4n) is 2.10. The first-order chi connectivity index (χ1) is 8.68. The lowest BCUT2D eigenvalue weighted by molar-refractivity contribution is -0.137. The van der Waals surface area contributed by atoms with Crippen molar-refractivity contribution in [2.75, 3.05) is 7.05 Å². The largest absolute Gasteiger partial charge is 0.336 e. The van der Waals surface area contributed by atoms with E-state index >= 15 is 0 Å². The Morgan fingerprint density at radius 3 is 2.05 bits per heavy atom. The molecule has 0 saturated carbocycles. The SMILES string of the molecule is CCC(=O)N(C)[C@H](C=O)CC(CC)C(=O)C(C)(C)C. The molecule has 0 heterocycles. The van der Waals surface area contributed by atoms with E-state index < -0.39 is 11.5 Å². The lowest BCUT2D eigenvalue weighted by Gasteiger charge is -2.29. The Balaban J connectivity index is 4.89. The summed E-state index contributed by atoms with van der Waals surface area (Å²) in [6.07, 6.45) is 2.24. The van der Waals surface area contributed by atoms with Crippen molar-refractivity contribution >= 4 is 18.0 Å². The van der Waals surface area contributed by atoms with Crippen LogP contribution in [0.15, 0.2) is 0 Å². The molecule has 0 N–H and O–H groups in total. The standard InChI is InChI=1S/C15H27NO3/c1-7-11(14(19)15(3,4)5)9-12(10-17)16(6)13(18)8-2/h10-12H,7-9H2,1-6H3/t11?,12-/m0/s1. The molecule has 1 unspecified atom stereocenters. The number of carbonyl (C=O) groups excluding carboxylic acids is 3. The predicted molar refractivity (Wildman–Crippen MR) is 75.8 cm³/mol. The number of amides is 1. The van der Waals surface area contributed by atoms with Gasteiger partial charge in [0, 0.05) is 24.8 Å². The highest BCUT2D eigenvalue weighted by atomic mass is 16.2. The lowest BCUT2D eigenvalue weighted by atomic mass is 9.79. The van der Waals surface area contributed by atoms with Gasteiger partial charge in [-0.15, -0.1) is 0 Å². The monoisotopic (exact) mass is 269 g/mol. The first kappa shape index (κ1) is 17.8. The fraction of sp³-hybridized carbons (Fsp3) is 0.800. The topological polar surface area (TPSA) is 54.5 Å². The van der Waals surface area contributed by atoms with E-state index in [-0.39, 0.29) is 17.6 Å². The van der Waals surface area contributed by atoms with Crippen LogP contribution in [0.5, 0.6) is 0 Å². The summed E-state index contributed by atoms with van der Waals surface area (Å²) in [5, 5.41) is 0. The third-order valence-electron chi connectivity index (χ3n) is 3.48. The van der Waals surface area contributed by atoms with E-state index in [0.29, 0.717) is 19.3 Å². The van der Waals surface area contributed by atoms with E-state index in [4.69, 9.17) is 0 Å². The second kappa shape index (κ2) is 7.41. The Bertz CT molecular complexity index is 331. The molecule has 0 aromatic heterocycles. The van der Waals surface area contributed by atoms with Gasteiger partial charge in [-0.25, -0.2) is 0 Å². The molecule has 110 valence electrons. The van der Waals surface area contributed by atoms with Gasteiger partial charge in [-0.2, -0.15) is 0 Å². The molecular weight excluding hydrogens is 242 g/mol. The maximum atomic E-state index is 12.3. The number of aldehydes is 1. The van der Waals surface area contributed by atoms with Crippen molar-refractivity contribution in [1.82, 2.24) is 4.90 Å². The van der Waals surface area contributed by atoms with Crippen LogP contribution in [0.1, 0.15) is 53.9 Å². The zero-order valence-corrected chi connectivity index (χ0v) is 13.0. The molecule has 4 nitrogen and oxygen atoms in total. The van der Waals surface area contributed by atoms with Crippen LogP contribution in [0.3, 0.4) is 0 Å². The third-order valence-corrected chi connectivity index (χ3v) is 3.48. The Morgan fingerprint density at radius 1 is 1.21 bits per heavy atom. The van der Waals surface area contributed by atoms with Crippen LogP contribution in [0.2, 0.25) is 0 Å². The minimum Gasteiger partial charge on any atom is -0.336 e. The van der Waals surface area contributed by atoms with Gasteiger partial charge < -0.3 is 9.69 Å². The summed E-state index contributed by atoms with van der Waals surface area (Å²) in [7, 11) is 1.62. The molecule has 0 aliphatic heterocycles. The van der Waals surface area contributed by atoms with Gasteiger partial charge in [0.25, 0.3) is 0 Å². The van der Waals surface area contributed by atoms with Crippen molar-refractivity contribution in [3.05, 3.63) is 0 Å². The number of likely N-dealkylation sites (N-methyl/N-ethyl adjacent to an activating group) is 1. The molecule has 1 amide bonds. The van der Waals surface area contributed by atoms with Crippen LogP contribution in [0, 0.1) is 11.3 Å². The molecule has 0 rings (SSSR count). The Kier molecular flexibility index (Phi) is 6.95. The van der Waals surface area contributed by atoms with E-state index in [9.17, 15) is 14.4 Å². The van der Waals surface area contributed by atoms with Crippen LogP contribution in [0.4, 0.5) is 0 Å². The summed E-state index contributed by atoms with van der Waals surface area (Å²) in [6.45, 7) is 9.36. The maximum absolute atomic E-state index is 12.3. The van der Waals surface area contributed by atoms with Crippen LogP contribution >= 0.6 is 0 Å². The van der Waals surface area contributed by atoms with E-state index in [1.54, 1.807) is 14.0 Å². The summed E-state index contributed by atoms with van der Waals surface area (Å²) in [5.74, 6) is -0.100. The Hall–Kier alpha value is -1.19. The molecule has 0 aliphatic rings. The van der Waals surface area contributed by atoms with Crippen molar-refractivity contribution in [2.24, 2.45) is 11.3 Å². The average molecular weight is 269 g/mol. The lowest BCUT2D eigenvalue weighted by Crippen LogP contribution is -2.41. The van der Waals surface area contributed by atoms with Crippen molar-refractivity contribution in [3.8, 4) is 0 Å². The van der Waals surface area contributed by atoms with Crippen molar-refractivity contribution < 1.29 is 14.4 Å². The molecule has 0 aliphatic carbocycles. The molecule has 0 radical (unpaired) electrons. The molecule has 0 aromatic carbocycles. The first-order valence-corrected chi connectivity index (χ1v) is 6.94. The maximum Gasteiger partial charge on any atom is 0.222 e. The van der Waals surface area contributed by atoms with Crippen LogP contribution in [-0.4, -0.2) is 36.0 Å². The van der Waals surface area contributed by atoms with E-state index in [0.717, 1.165) is 6.29 Å². The highest BCUT2D eigenvalue weighted by Crippen LogP contribution is 2.26. The molecule has 2 atom stereocenters. The molecule has 0 bridgehead atoms. The molecule has 0 aromatic rings. The number of rotatable bonds is 7. The van der Waals surface area contributed by atoms with E-state index in [1.165, 1.54) is 4.90 Å². The van der Waals surface area contributed by atoms with Crippen LogP contribution in [0.25, 0.3) is 0 Å². The smallest absolute Gasteiger partial charge is 0.222 e. The molecule has 4 heteroatoms. The second-order valence-electron chi connectivity index (χ2n) is 6.02. The Labute approximate surface area is 116 Å². The number of hydrogen-bond donors (Lipinski definition) is 0. The quantitative estimate of drug-likeness (QED) is 0.667. The fourth-order valence-corrected chi connectivity index (χ4v) is 2.10. The van der Waals surface area contributed by atoms with E-state index in [1.807, 2.05) is 27.7 Å². The van der Waals surface area contributed by atoms with Gasteiger partial charge in [0.2, 0.25) is 5.91 Å². The number of carbonyl (C=O) groups is 3. The first-order valence-electron chi connectivity index (χ1n) is 6.94. The Morgan fingerprint density at radius 2 is 1.74 bits per heavy atom. The van der Waals surface area contributed by atoms with Gasteiger partial charge in [-0.05, 0) is 12.8 Å². The normalized spacial score (nSPS) is 14.6. The van der Waals surface area contributed by atoms with Gasteiger partial charge >= 0.3 is 0 Å². The van der Waals surface area contributed by atoms with E-state index in [2.05, 4.69) is 0 Å². The van der Waals surface area contributed by atoms with Crippen molar-refractivity contribution in [1.29, 1.82) is 0 Å². The summed E-state index contributed by atoms with van der Waals surface area (Å²) in [5.41, 5.74) is -0.415. The molecule has 0 spiro atoms. The van der Waals surface area contributed by atoms with Crippen LogP contribution < -0.4 is 0 Å². The predicted octanol–water partition coefficient (Wildman–Crippen LogP) is 2.45. The zero-order chi connectivity index (χ0) is 15.2. The van der Waals surface area contributed by atoms with Crippen molar-refractivity contribution in [2.45, 2.75) is 59.9 Å². The minimum atomic E-state index is -0.510. The summed E-state index contributed by atoms with van der Waals surface area (Å²) < 4.78 is 0.